The van der Waals surface area contributed by atoms with E-state index in [2.05, 4.69) is 20.8 Å². The van der Waals surface area contributed by atoms with Gasteiger partial charge in [-0.3, -0.25) is 4.79 Å². The number of carboxylic acids is 2. The average molecular weight is 495 g/mol. The number of benzene rings is 1. The number of thiophene rings is 1. The van der Waals surface area contributed by atoms with Crippen molar-refractivity contribution < 1.29 is 33.0 Å². The van der Waals surface area contributed by atoms with Gasteiger partial charge in [0, 0.05) is 31.7 Å². The number of nitrogens with zero attached hydrogens (tertiary/aromatic N) is 2. The Bertz CT molecular complexity index is 1200. The topological polar surface area (TPSA) is 132 Å². The van der Waals surface area contributed by atoms with Crippen LogP contribution in [0.5, 0.6) is 0 Å². The van der Waals surface area contributed by atoms with Crippen LogP contribution in [0.3, 0.4) is 0 Å². The van der Waals surface area contributed by atoms with Gasteiger partial charge < -0.3 is 15.1 Å². The number of hydrogen-bond donors (Lipinski definition) is 2. The number of piperazine rings is 1. The minimum absolute atomic E-state index is 0.0213. The zero-order valence-corrected chi connectivity index (χ0v) is 20.4. The van der Waals surface area contributed by atoms with E-state index >= 15 is 0 Å². The van der Waals surface area contributed by atoms with E-state index in [1.165, 1.54) is 6.92 Å². The van der Waals surface area contributed by atoms with Crippen molar-refractivity contribution in [2.75, 3.05) is 26.2 Å². The molecule has 3 rings (SSSR count). The predicted molar refractivity (Wildman–Crippen MR) is 123 cm³/mol. The Balaban J connectivity index is 1.78. The molecule has 0 spiro atoms. The summed E-state index contributed by atoms with van der Waals surface area (Å²) in [5, 5.41) is 18.8. The molecule has 0 unspecified atom stereocenters. The molecule has 1 aliphatic heterocycles. The normalized spacial score (nSPS) is 15.5. The Morgan fingerprint density at radius 3 is 1.94 bits per heavy atom. The predicted octanol–water partition coefficient (Wildman–Crippen LogP) is 2.90. The highest BCUT2D eigenvalue weighted by atomic mass is 32.2. The molecule has 0 radical (unpaired) electrons. The van der Waals surface area contributed by atoms with E-state index in [1.807, 2.05) is 12.1 Å². The zero-order chi connectivity index (χ0) is 24.7. The number of carbonyl (C=O) groups is 3. The maximum Gasteiger partial charge on any atom is 0.346 e. The van der Waals surface area contributed by atoms with Crippen molar-refractivity contribution in [2.24, 2.45) is 0 Å². The quantitative estimate of drug-likeness (QED) is 0.653. The third-order valence-electron chi connectivity index (χ3n) is 5.62. The molecule has 1 aromatic carbocycles. The van der Waals surface area contributed by atoms with Crippen LogP contribution in [0.2, 0.25) is 0 Å². The molecule has 1 amide bonds. The van der Waals surface area contributed by atoms with Crippen LogP contribution in [0.25, 0.3) is 0 Å². The fraction of sp³-hybridized carbons (Fsp3) is 0.409. The molecule has 0 atom stereocenters. The number of sulfonamides is 1. The molecule has 1 saturated heterocycles. The number of amides is 1. The summed E-state index contributed by atoms with van der Waals surface area (Å²) in [6.07, 6.45) is 0. The lowest BCUT2D eigenvalue weighted by Crippen LogP contribution is -2.50. The molecule has 0 bridgehead atoms. The molecular formula is C22H26N2O7S2. The number of carboxylic acid groups (broad SMARTS) is 2. The Hall–Kier alpha value is -2.76. The van der Waals surface area contributed by atoms with E-state index < -0.39 is 31.7 Å². The van der Waals surface area contributed by atoms with Crippen LogP contribution in [-0.2, 0) is 15.4 Å². The molecule has 11 heteroatoms. The maximum atomic E-state index is 13.2. The van der Waals surface area contributed by atoms with E-state index in [4.69, 9.17) is 0 Å². The van der Waals surface area contributed by atoms with Gasteiger partial charge in [0.05, 0.1) is 5.56 Å². The lowest BCUT2D eigenvalue weighted by atomic mass is 9.86. The first-order valence-electron chi connectivity index (χ1n) is 10.2. The number of carbonyl (C=O) groups excluding carboxylic acids is 1. The van der Waals surface area contributed by atoms with Crippen molar-refractivity contribution in [3.05, 3.63) is 51.4 Å². The fourth-order valence-electron chi connectivity index (χ4n) is 3.66. The molecule has 2 N–H and O–H groups in total. The maximum absolute atomic E-state index is 13.2. The highest BCUT2D eigenvalue weighted by molar-refractivity contribution is 7.91. The van der Waals surface area contributed by atoms with Gasteiger partial charge in [-0.25, -0.2) is 18.0 Å². The first-order valence-corrected chi connectivity index (χ1v) is 12.5. The monoisotopic (exact) mass is 494 g/mol. The number of hydrogen-bond acceptors (Lipinski definition) is 6. The Morgan fingerprint density at radius 1 is 0.939 bits per heavy atom. The largest absolute Gasteiger partial charge is 0.478 e. The minimum atomic E-state index is -4.24. The van der Waals surface area contributed by atoms with Crippen LogP contribution < -0.4 is 0 Å². The number of rotatable bonds is 5. The molecule has 0 saturated carbocycles. The lowest BCUT2D eigenvalue weighted by molar-refractivity contribution is 0.0690. The molecule has 0 aliphatic carbocycles. The number of aromatic carboxylic acids is 2. The molecule has 178 valence electrons. The Labute approximate surface area is 196 Å². The van der Waals surface area contributed by atoms with E-state index in [1.54, 1.807) is 17.0 Å². The van der Waals surface area contributed by atoms with Gasteiger partial charge in [-0.05, 0) is 35.6 Å². The summed E-state index contributed by atoms with van der Waals surface area (Å²) >= 11 is 0.440. The minimum Gasteiger partial charge on any atom is -0.478 e. The summed E-state index contributed by atoms with van der Waals surface area (Å²) < 4.78 is 26.9. The van der Waals surface area contributed by atoms with Gasteiger partial charge in [-0.15, -0.1) is 11.3 Å². The highest BCUT2D eigenvalue weighted by Gasteiger charge is 2.37. The second-order valence-corrected chi connectivity index (χ2v) is 12.0. The van der Waals surface area contributed by atoms with E-state index in [9.17, 15) is 33.0 Å². The van der Waals surface area contributed by atoms with Crippen molar-refractivity contribution in [3.8, 4) is 0 Å². The first-order chi connectivity index (χ1) is 15.2. The molecule has 1 aliphatic rings. The van der Waals surface area contributed by atoms with E-state index in [-0.39, 0.29) is 47.9 Å². The average Bonchev–Trinajstić information content (AvgIpc) is 3.11. The Kier molecular flexibility index (Phi) is 6.69. The van der Waals surface area contributed by atoms with Crippen molar-refractivity contribution in [1.82, 2.24) is 9.21 Å². The third kappa shape index (κ3) is 4.80. The summed E-state index contributed by atoms with van der Waals surface area (Å²) in [7, 11) is -4.24. The van der Waals surface area contributed by atoms with Crippen molar-refractivity contribution in [2.45, 2.75) is 37.3 Å². The van der Waals surface area contributed by atoms with Gasteiger partial charge >= 0.3 is 11.9 Å². The van der Waals surface area contributed by atoms with Crippen molar-refractivity contribution in [3.63, 3.8) is 0 Å². The van der Waals surface area contributed by atoms with Crippen LogP contribution >= 0.6 is 11.3 Å². The molecule has 33 heavy (non-hydrogen) atoms. The summed E-state index contributed by atoms with van der Waals surface area (Å²) in [6, 6.07) is 7.32. The van der Waals surface area contributed by atoms with Crippen LogP contribution in [-0.4, -0.2) is 71.9 Å². The smallest absolute Gasteiger partial charge is 0.346 e. The van der Waals surface area contributed by atoms with Gasteiger partial charge in [0.15, 0.2) is 4.21 Å². The molecule has 1 fully saturated rings. The second kappa shape index (κ2) is 8.88. The van der Waals surface area contributed by atoms with Gasteiger partial charge in [0.25, 0.3) is 15.9 Å². The first kappa shape index (κ1) is 24.9. The molecule has 1 aromatic heterocycles. The van der Waals surface area contributed by atoms with E-state index in [0.29, 0.717) is 16.9 Å². The zero-order valence-electron chi connectivity index (χ0n) is 18.8. The van der Waals surface area contributed by atoms with Crippen molar-refractivity contribution >= 4 is 39.2 Å². The molecule has 2 aromatic rings. The van der Waals surface area contributed by atoms with E-state index in [0.717, 1.165) is 9.87 Å². The van der Waals surface area contributed by atoms with Crippen LogP contribution in [0.4, 0.5) is 0 Å². The molecule has 2 heterocycles. The SMILES string of the molecule is Cc1c(C(=O)O)sc(S(=O)(=O)N2CCN(C(=O)c3ccc(C(C)(C)C)cc3)CC2)c1C(=O)O. The van der Waals surface area contributed by atoms with Gasteiger partial charge in [0.1, 0.15) is 4.88 Å². The van der Waals surface area contributed by atoms with Gasteiger partial charge in [0.2, 0.25) is 0 Å². The lowest BCUT2D eigenvalue weighted by Gasteiger charge is -2.34. The summed E-state index contributed by atoms with van der Waals surface area (Å²) in [4.78, 5) is 37.2. The fourth-order valence-corrected chi connectivity index (χ4v) is 6.90. The van der Waals surface area contributed by atoms with Crippen LogP contribution in [0.15, 0.2) is 28.5 Å². The van der Waals surface area contributed by atoms with Crippen LogP contribution in [0.1, 0.15) is 62.3 Å². The second-order valence-electron chi connectivity index (χ2n) is 8.85. The molecule has 9 nitrogen and oxygen atoms in total. The molecular weight excluding hydrogens is 468 g/mol. The van der Waals surface area contributed by atoms with Gasteiger partial charge in [-0.2, -0.15) is 4.31 Å². The van der Waals surface area contributed by atoms with Crippen molar-refractivity contribution in [1.29, 1.82) is 0 Å². The summed E-state index contributed by atoms with van der Waals surface area (Å²) in [5.74, 6) is -3.09. The summed E-state index contributed by atoms with van der Waals surface area (Å²) in [5.41, 5.74) is 0.946. The standard InChI is InChI=1S/C22H26N2O7S2/c1-13-16(19(26)27)21(32-17(13)20(28)29)33(30,31)24-11-9-23(10-12-24)18(25)14-5-7-15(8-6-14)22(2,3)4/h5-8H,9-12H2,1-4H3,(H,26,27)(H,28,29). The summed E-state index contributed by atoms with van der Waals surface area (Å²) in [6.45, 7) is 7.74. The third-order valence-corrected chi connectivity index (χ3v) is 9.29. The Morgan fingerprint density at radius 2 is 1.48 bits per heavy atom. The van der Waals surface area contributed by atoms with Crippen LogP contribution in [0, 0.1) is 6.92 Å². The highest BCUT2D eigenvalue weighted by Crippen LogP contribution is 2.34. The van der Waals surface area contributed by atoms with Gasteiger partial charge in [-0.1, -0.05) is 32.9 Å².